The molecule has 0 bridgehead atoms. The van der Waals surface area contributed by atoms with Crippen LogP contribution in [-0.2, 0) is 0 Å². The van der Waals surface area contributed by atoms with Crippen LogP contribution in [0.2, 0.25) is 0 Å². The Hall–Kier alpha value is -1.05. The van der Waals surface area contributed by atoms with Crippen LogP contribution >= 0.6 is 0 Å². The molecule has 94 valence electrons. The smallest absolute Gasteiger partial charge is 0.0373 e. The maximum absolute atomic E-state index is 4.04. The number of hydrogen-bond donors (Lipinski definition) is 1. The minimum Gasteiger partial charge on any atom is -0.382 e. The number of nitrogens with one attached hydrogen (secondary N) is 1. The van der Waals surface area contributed by atoms with E-state index in [9.17, 15) is 0 Å². The molecule has 2 heteroatoms. The van der Waals surface area contributed by atoms with Crippen molar-refractivity contribution in [2.24, 2.45) is 11.3 Å². The van der Waals surface area contributed by atoms with Gasteiger partial charge in [-0.25, -0.2) is 0 Å². The predicted molar refractivity (Wildman–Crippen MR) is 73.1 cm³/mol. The van der Waals surface area contributed by atoms with Crippen molar-refractivity contribution in [1.82, 2.24) is 4.98 Å². The van der Waals surface area contributed by atoms with E-state index < -0.39 is 0 Å². The summed E-state index contributed by atoms with van der Waals surface area (Å²) in [7, 11) is 0. The van der Waals surface area contributed by atoms with E-state index in [0.29, 0.717) is 11.5 Å². The lowest BCUT2D eigenvalue weighted by Gasteiger charge is -2.37. The first-order valence-electron chi connectivity index (χ1n) is 6.72. The van der Waals surface area contributed by atoms with Crippen LogP contribution in [0.1, 0.15) is 46.5 Å². The van der Waals surface area contributed by atoms with Crippen molar-refractivity contribution >= 4 is 5.69 Å². The van der Waals surface area contributed by atoms with E-state index in [1.807, 2.05) is 12.4 Å². The molecule has 0 amide bonds. The molecule has 0 radical (unpaired) electrons. The van der Waals surface area contributed by atoms with Gasteiger partial charge in [-0.15, -0.1) is 0 Å². The first kappa shape index (κ1) is 12.4. The molecule has 2 rings (SSSR count). The second-order valence-electron chi connectivity index (χ2n) is 6.29. The second-order valence-corrected chi connectivity index (χ2v) is 6.29. The molecule has 1 aromatic heterocycles. The second kappa shape index (κ2) is 5.07. The van der Waals surface area contributed by atoms with Crippen molar-refractivity contribution in [2.75, 3.05) is 5.32 Å². The normalized spacial score (nSPS) is 25.6. The van der Waals surface area contributed by atoms with E-state index in [4.69, 9.17) is 0 Å². The lowest BCUT2D eigenvalue weighted by Crippen LogP contribution is -2.31. The monoisotopic (exact) mass is 232 g/mol. The maximum Gasteiger partial charge on any atom is 0.0373 e. The number of anilines is 1. The SMILES string of the molecule is CC(C)(C)C1CCC(Nc2ccncc2)CC1. The van der Waals surface area contributed by atoms with Crippen LogP contribution in [0.5, 0.6) is 0 Å². The first-order chi connectivity index (χ1) is 8.05. The summed E-state index contributed by atoms with van der Waals surface area (Å²) in [6.45, 7) is 7.11. The molecular formula is C15H24N2. The molecule has 1 aromatic rings. The molecule has 0 aliphatic heterocycles. The number of pyridine rings is 1. The molecule has 0 atom stereocenters. The van der Waals surface area contributed by atoms with Gasteiger partial charge in [-0.05, 0) is 49.1 Å². The van der Waals surface area contributed by atoms with Gasteiger partial charge in [0, 0.05) is 24.1 Å². The first-order valence-corrected chi connectivity index (χ1v) is 6.72. The molecular weight excluding hydrogens is 208 g/mol. The summed E-state index contributed by atoms with van der Waals surface area (Å²) in [5, 5.41) is 3.61. The van der Waals surface area contributed by atoms with Gasteiger partial charge in [0.1, 0.15) is 0 Å². The lowest BCUT2D eigenvalue weighted by molar-refractivity contribution is 0.173. The van der Waals surface area contributed by atoms with Crippen molar-refractivity contribution in [3.05, 3.63) is 24.5 Å². The molecule has 1 heterocycles. The molecule has 0 unspecified atom stereocenters. The fourth-order valence-electron chi connectivity index (χ4n) is 2.79. The molecule has 1 N–H and O–H groups in total. The highest BCUT2D eigenvalue weighted by Crippen LogP contribution is 2.38. The topological polar surface area (TPSA) is 24.9 Å². The van der Waals surface area contributed by atoms with Gasteiger partial charge in [-0.2, -0.15) is 0 Å². The summed E-state index contributed by atoms with van der Waals surface area (Å²) in [5.41, 5.74) is 1.68. The molecule has 1 fully saturated rings. The Bertz CT molecular complexity index is 332. The largest absolute Gasteiger partial charge is 0.382 e. The van der Waals surface area contributed by atoms with Crippen molar-refractivity contribution in [2.45, 2.75) is 52.5 Å². The number of rotatable bonds is 2. The average molecular weight is 232 g/mol. The third kappa shape index (κ3) is 3.45. The fraction of sp³-hybridized carbons (Fsp3) is 0.667. The van der Waals surface area contributed by atoms with Crippen LogP contribution in [-0.4, -0.2) is 11.0 Å². The summed E-state index contributed by atoms with van der Waals surface area (Å²) in [5.74, 6) is 0.887. The Balaban J connectivity index is 1.84. The van der Waals surface area contributed by atoms with Crippen molar-refractivity contribution in [3.63, 3.8) is 0 Å². The minimum absolute atomic E-state index is 0.474. The van der Waals surface area contributed by atoms with Gasteiger partial charge in [0.05, 0.1) is 0 Å². The quantitative estimate of drug-likeness (QED) is 0.830. The summed E-state index contributed by atoms with van der Waals surface area (Å²) in [4.78, 5) is 4.04. The zero-order valence-corrected chi connectivity index (χ0v) is 11.2. The zero-order valence-electron chi connectivity index (χ0n) is 11.2. The van der Waals surface area contributed by atoms with Crippen molar-refractivity contribution < 1.29 is 0 Å². The number of nitrogens with zero attached hydrogens (tertiary/aromatic N) is 1. The van der Waals surface area contributed by atoms with Crippen LogP contribution in [0.3, 0.4) is 0 Å². The Morgan fingerprint density at radius 1 is 1.06 bits per heavy atom. The van der Waals surface area contributed by atoms with Gasteiger partial charge in [0.25, 0.3) is 0 Å². The van der Waals surface area contributed by atoms with E-state index in [0.717, 1.165) is 5.92 Å². The Kier molecular flexibility index (Phi) is 3.70. The predicted octanol–water partition coefficient (Wildman–Crippen LogP) is 4.10. The Morgan fingerprint density at radius 2 is 1.65 bits per heavy atom. The van der Waals surface area contributed by atoms with Crippen molar-refractivity contribution in [1.29, 1.82) is 0 Å². The van der Waals surface area contributed by atoms with E-state index in [-0.39, 0.29) is 0 Å². The Morgan fingerprint density at radius 3 is 2.18 bits per heavy atom. The highest BCUT2D eigenvalue weighted by atomic mass is 14.9. The van der Waals surface area contributed by atoms with Gasteiger partial charge < -0.3 is 5.32 Å². The minimum atomic E-state index is 0.474. The number of hydrogen-bond acceptors (Lipinski definition) is 2. The summed E-state index contributed by atoms with van der Waals surface area (Å²) in [6, 6.07) is 4.75. The average Bonchev–Trinajstić information content (AvgIpc) is 2.30. The molecule has 1 aliphatic carbocycles. The fourth-order valence-corrected chi connectivity index (χ4v) is 2.79. The summed E-state index contributed by atoms with van der Waals surface area (Å²) >= 11 is 0. The molecule has 2 nitrogen and oxygen atoms in total. The molecule has 1 aliphatic rings. The molecule has 1 saturated carbocycles. The standard InChI is InChI=1S/C15H24N2/c1-15(2,3)12-4-6-13(7-5-12)17-14-8-10-16-11-9-14/h8-13H,4-7H2,1-3H3,(H,16,17). The number of aromatic nitrogens is 1. The molecule has 0 saturated heterocycles. The highest BCUT2D eigenvalue weighted by molar-refractivity contribution is 5.41. The van der Waals surface area contributed by atoms with Crippen LogP contribution in [0.25, 0.3) is 0 Å². The van der Waals surface area contributed by atoms with E-state index in [2.05, 4.69) is 43.2 Å². The van der Waals surface area contributed by atoms with Gasteiger partial charge in [-0.1, -0.05) is 20.8 Å². The van der Waals surface area contributed by atoms with Gasteiger partial charge >= 0.3 is 0 Å². The van der Waals surface area contributed by atoms with E-state index in [1.54, 1.807) is 0 Å². The molecule has 0 spiro atoms. The zero-order chi connectivity index (χ0) is 12.3. The van der Waals surface area contributed by atoms with E-state index in [1.165, 1.54) is 31.4 Å². The Labute approximate surface area is 105 Å². The summed E-state index contributed by atoms with van der Waals surface area (Å²) < 4.78 is 0. The lowest BCUT2D eigenvalue weighted by atomic mass is 9.71. The van der Waals surface area contributed by atoms with Crippen molar-refractivity contribution in [3.8, 4) is 0 Å². The summed E-state index contributed by atoms with van der Waals surface area (Å²) in [6.07, 6.45) is 9.00. The molecule has 0 aromatic carbocycles. The maximum atomic E-state index is 4.04. The van der Waals surface area contributed by atoms with Gasteiger partial charge in [0.15, 0.2) is 0 Å². The van der Waals surface area contributed by atoms with Crippen LogP contribution in [0.4, 0.5) is 5.69 Å². The van der Waals surface area contributed by atoms with Gasteiger partial charge in [-0.3, -0.25) is 4.98 Å². The third-order valence-electron chi connectivity index (χ3n) is 4.00. The van der Waals surface area contributed by atoms with Gasteiger partial charge in [0.2, 0.25) is 0 Å². The van der Waals surface area contributed by atoms with Crippen LogP contribution < -0.4 is 5.32 Å². The third-order valence-corrected chi connectivity index (χ3v) is 4.00. The highest BCUT2D eigenvalue weighted by Gasteiger charge is 2.29. The molecule has 17 heavy (non-hydrogen) atoms. The van der Waals surface area contributed by atoms with Crippen LogP contribution in [0, 0.1) is 11.3 Å². The van der Waals surface area contributed by atoms with E-state index >= 15 is 0 Å². The van der Waals surface area contributed by atoms with Crippen LogP contribution in [0.15, 0.2) is 24.5 Å².